The third-order valence-electron chi connectivity index (χ3n) is 4.63. The van der Waals surface area contributed by atoms with Gasteiger partial charge in [-0.25, -0.2) is 0 Å². The molecule has 1 N–H and O–H groups in total. The Kier molecular flexibility index (Phi) is 4.02. The fourth-order valence-electron chi connectivity index (χ4n) is 3.09. The molecule has 3 rings (SSSR count). The lowest BCUT2D eigenvalue weighted by Gasteiger charge is -2.38. The van der Waals surface area contributed by atoms with Crippen LogP contribution in [-0.4, -0.2) is 54.2 Å². The average Bonchev–Trinajstić information content (AvgIpc) is 2.77. The standard InChI is InChI=1S/C17H24N2O2/c1-12-4-5-16-15(8-12)13(2)17(21-16)10-19-7-6-18(3)14(9-19)11-20/h4-5,8,14,20H,6-7,9-11H2,1-3H3. The minimum absolute atomic E-state index is 0.214. The summed E-state index contributed by atoms with van der Waals surface area (Å²) in [5.41, 5.74) is 3.48. The predicted molar refractivity (Wildman–Crippen MR) is 84.5 cm³/mol. The van der Waals surface area contributed by atoms with Gasteiger partial charge in [0.1, 0.15) is 11.3 Å². The summed E-state index contributed by atoms with van der Waals surface area (Å²) in [6.45, 7) is 8.18. The van der Waals surface area contributed by atoms with Crippen molar-refractivity contribution >= 4 is 11.0 Å². The van der Waals surface area contributed by atoms with E-state index in [0.29, 0.717) is 0 Å². The van der Waals surface area contributed by atoms with Gasteiger partial charge in [0, 0.05) is 31.1 Å². The van der Waals surface area contributed by atoms with Gasteiger partial charge in [0.25, 0.3) is 0 Å². The van der Waals surface area contributed by atoms with Crippen molar-refractivity contribution in [2.75, 3.05) is 33.3 Å². The fraction of sp³-hybridized carbons (Fsp3) is 0.529. The molecule has 1 aliphatic heterocycles. The monoisotopic (exact) mass is 288 g/mol. The number of nitrogens with zero attached hydrogens (tertiary/aromatic N) is 2. The van der Waals surface area contributed by atoms with E-state index in [9.17, 15) is 5.11 Å². The number of aliphatic hydroxyl groups excluding tert-OH is 1. The zero-order valence-corrected chi connectivity index (χ0v) is 13.1. The van der Waals surface area contributed by atoms with Gasteiger partial charge in [-0.05, 0) is 38.6 Å². The Hall–Kier alpha value is -1.36. The third-order valence-corrected chi connectivity index (χ3v) is 4.63. The zero-order valence-electron chi connectivity index (χ0n) is 13.1. The molecule has 0 aliphatic carbocycles. The lowest BCUT2D eigenvalue weighted by atomic mass is 10.1. The first-order valence-electron chi connectivity index (χ1n) is 7.60. The quantitative estimate of drug-likeness (QED) is 0.939. The maximum absolute atomic E-state index is 9.45. The topological polar surface area (TPSA) is 39.9 Å². The average molecular weight is 288 g/mol. The molecular formula is C17H24N2O2. The number of likely N-dealkylation sites (N-methyl/N-ethyl adjacent to an activating group) is 1. The van der Waals surface area contributed by atoms with Gasteiger partial charge in [-0.1, -0.05) is 11.6 Å². The van der Waals surface area contributed by atoms with Crippen LogP contribution in [0.5, 0.6) is 0 Å². The molecule has 1 aromatic carbocycles. The van der Waals surface area contributed by atoms with E-state index in [-0.39, 0.29) is 12.6 Å². The van der Waals surface area contributed by atoms with Gasteiger partial charge in [0.05, 0.1) is 13.2 Å². The summed E-state index contributed by atoms with van der Waals surface area (Å²) in [6, 6.07) is 6.57. The van der Waals surface area contributed by atoms with Crippen molar-refractivity contribution in [2.24, 2.45) is 0 Å². The van der Waals surface area contributed by atoms with Crippen LogP contribution in [0.1, 0.15) is 16.9 Å². The number of piperazine rings is 1. The van der Waals surface area contributed by atoms with Crippen molar-refractivity contribution in [1.82, 2.24) is 9.80 Å². The molecular weight excluding hydrogens is 264 g/mol. The third kappa shape index (κ3) is 2.84. The molecule has 1 atom stereocenters. The molecule has 0 spiro atoms. The normalized spacial score (nSPS) is 21.2. The summed E-state index contributed by atoms with van der Waals surface area (Å²) in [5, 5.41) is 10.7. The first-order chi connectivity index (χ1) is 10.1. The van der Waals surface area contributed by atoms with Crippen LogP contribution in [0.3, 0.4) is 0 Å². The highest BCUT2D eigenvalue weighted by Gasteiger charge is 2.25. The number of benzene rings is 1. The fourth-order valence-corrected chi connectivity index (χ4v) is 3.09. The number of hydrogen-bond acceptors (Lipinski definition) is 4. The molecule has 4 nitrogen and oxygen atoms in total. The lowest BCUT2D eigenvalue weighted by Crippen LogP contribution is -2.52. The van der Waals surface area contributed by atoms with Crippen LogP contribution in [0.2, 0.25) is 0 Å². The second-order valence-corrected chi connectivity index (χ2v) is 6.20. The summed E-state index contributed by atoms with van der Waals surface area (Å²) in [7, 11) is 2.08. The van der Waals surface area contributed by atoms with Crippen molar-refractivity contribution in [1.29, 1.82) is 0 Å². The largest absolute Gasteiger partial charge is 0.459 e. The Morgan fingerprint density at radius 3 is 2.86 bits per heavy atom. The molecule has 0 amide bonds. The molecule has 21 heavy (non-hydrogen) atoms. The number of hydrogen-bond donors (Lipinski definition) is 1. The molecule has 114 valence electrons. The Morgan fingerprint density at radius 1 is 1.29 bits per heavy atom. The summed E-state index contributed by atoms with van der Waals surface area (Å²) < 4.78 is 6.03. The van der Waals surface area contributed by atoms with E-state index in [1.165, 1.54) is 16.5 Å². The molecule has 2 heterocycles. The van der Waals surface area contributed by atoms with E-state index in [2.05, 4.69) is 48.9 Å². The zero-order chi connectivity index (χ0) is 15.0. The molecule has 0 saturated carbocycles. The highest BCUT2D eigenvalue weighted by Crippen LogP contribution is 2.27. The van der Waals surface area contributed by atoms with Crippen LogP contribution in [0.4, 0.5) is 0 Å². The summed E-state index contributed by atoms with van der Waals surface area (Å²) >= 11 is 0. The first-order valence-corrected chi connectivity index (χ1v) is 7.60. The van der Waals surface area contributed by atoms with Gasteiger partial charge in [0.15, 0.2) is 0 Å². The Bertz CT molecular complexity index is 635. The highest BCUT2D eigenvalue weighted by atomic mass is 16.3. The van der Waals surface area contributed by atoms with Gasteiger partial charge in [-0.2, -0.15) is 0 Å². The van der Waals surface area contributed by atoms with E-state index in [4.69, 9.17) is 4.42 Å². The molecule has 1 unspecified atom stereocenters. The van der Waals surface area contributed by atoms with Crippen LogP contribution in [0.25, 0.3) is 11.0 Å². The molecule has 0 bridgehead atoms. The molecule has 4 heteroatoms. The van der Waals surface area contributed by atoms with Crippen LogP contribution in [0, 0.1) is 13.8 Å². The Labute approximate surface area is 125 Å². The molecule has 1 saturated heterocycles. The van der Waals surface area contributed by atoms with Crippen molar-refractivity contribution in [3.8, 4) is 0 Å². The lowest BCUT2D eigenvalue weighted by molar-refractivity contribution is 0.0509. The van der Waals surface area contributed by atoms with Crippen molar-refractivity contribution < 1.29 is 9.52 Å². The predicted octanol–water partition coefficient (Wildman–Crippen LogP) is 2.16. The van der Waals surface area contributed by atoms with Crippen molar-refractivity contribution in [2.45, 2.75) is 26.4 Å². The van der Waals surface area contributed by atoms with Gasteiger partial charge in [-0.15, -0.1) is 0 Å². The van der Waals surface area contributed by atoms with Crippen LogP contribution in [-0.2, 0) is 6.54 Å². The van der Waals surface area contributed by atoms with Gasteiger partial charge >= 0.3 is 0 Å². The number of rotatable bonds is 3. The SMILES string of the molecule is Cc1ccc2oc(CN3CCN(C)C(CO)C3)c(C)c2c1. The Balaban J connectivity index is 1.80. The summed E-state index contributed by atoms with van der Waals surface area (Å²) in [4.78, 5) is 4.60. The Morgan fingerprint density at radius 2 is 2.10 bits per heavy atom. The van der Waals surface area contributed by atoms with Gasteiger partial charge in [-0.3, -0.25) is 9.80 Å². The van der Waals surface area contributed by atoms with E-state index >= 15 is 0 Å². The van der Waals surface area contributed by atoms with E-state index in [1.807, 2.05) is 0 Å². The number of aliphatic hydroxyl groups is 1. The molecule has 1 aliphatic rings. The second-order valence-electron chi connectivity index (χ2n) is 6.20. The second kappa shape index (κ2) is 5.79. The van der Waals surface area contributed by atoms with Crippen molar-refractivity contribution in [3.63, 3.8) is 0 Å². The highest BCUT2D eigenvalue weighted by molar-refractivity contribution is 5.82. The van der Waals surface area contributed by atoms with E-state index in [1.54, 1.807) is 0 Å². The molecule has 1 fully saturated rings. The summed E-state index contributed by atoms with van der Waals surface area (Å²) in [5.74, 6) is 1.05. The van der Waals surface area contributed by atoms with Gasteiger partial charge in [0.2, 0.25) is 0 Å². The minimum Gasteiger partial charge on any atom is -0.459 e. The summed E-state index contributed by atoms with van der Waals surface area (Å²) in [6.07, 6.45) is 0. The number of aryl methyl sites for hydroxylation is 2. The molecule has 0 radical (unpaired) electrons. The smallest absolute Gasteiger partial charge is 0.134 e. The maximum Gasteiger partial charge on any atom is 0.134 e. The minimum atomic E-state index is 0.214. The van der Waals surface area contributed by atoms with Gasteiger partial charge < -0.3 is 9.52 Å². The van der Waals surface area contributed by atoms with Crippen LogP contribution >= 0.6 is 0 Å². The van der Waals surface area contributed by atoms with E-state index in [0.717, 1.165) is 37.5 Å². The molecule has 1 aromatic heterocycles. The number of fused-ring (bicyclic) bond motifs is 1. The molecule has 2 aromatic rings. The maximum atomic E-state index is 9.45. The van der Waals surface area contributed by atoms with E-state index < -0.39 is 0 Å². The first kappa shape index (κ1) is 14.6. The van der Waals surface area contributed by atoms with Crippen LogP contribution < -0.4 is 0 Å². The number of furan rings is 1. The van der Waals surface area contributed by atoms with Crippen LogP contribution in [0.15, 0.2) is 22.6 Å². The van der Waals surface area contributed by atoms with Crippen molar-refractivity contribution in [3.05, 3.63) is 35.1 Å².